The first kappa shape index (κ1) is 22.2. The van der Waals surface area contributed by atoms with Crippen molar-refractivity contribution in [2.75, 3.05) is 32.6 Å². The molecule has 0 spiro atoms. The molecule has 0 aromatic heterocycles. The van der Waals surface area contributed by atoms with Crippen LogP contribution >= 0.6 is 24.0 Å². The van der Waals surface area contributed by atoms with Crippen molar-refractivity contribution in [1.82, 2.24) is 10.6 Å². The van der Waals surface area contributed by atoms with E-state index in [1.807, 2.05) is 38.4 Å². The largest absolute Gasteiger partial charge is 0.375 e. The number of guanidine groups is 1. The van der Waals surface area contributed by atoms with Crippen molar-refractivity contribution in [1.29, 1.82) is 0 Å². The number of halogens is 2. The minimum Gasteiger partial charge on any atom is -0.375 e. The van der Waals surface area contributed by atoms with Crippen molar-refractivity contribution in [3.8, 4) is 0 Å². The molecule has 0 saturated heterocycles. The van der Waals surface area contributed by atoms with Gasteiger partial charge in [0.25, 0.3) is 0 Å². The van der Waals surface area contributed by atoms with Crippen LogP contribution < -0.4 is 15.5 Å². The van der Waals surface area contributed by atoms with Crippen molar-refractivity contribution >= 4 is 35.6 Å². The number of nitrogens with one attached hydrogen (secondary N) is 2. The van der Waals surface area contributed by atoms with Crippen LogP contribution in [0.3, 0.4) is 0 Å². The highest BCUT2D eigenvalue weighted by atomic mass is 127. The molecule has 0 aliphatic rings. The van der Waals surface area contributed by atoms with E-state index in [0.29, 0.717) is 24.1 Å². The third-order valence-corrected chi connectivity index (χ3v) is 4.12. The fourth-order valence-corrected chi connectivity index (χ4v) is 2.58. The number of aliphatic imine (C=N–C) groups is 1. The zero-order chi connectivity index (χ0) is 18.2. The molecule has 2 aromatic carbocycles. The van der Waals surface area contributed by atoms with Gasteiger partial charge in [-0.1, -0.05) is 43.3 Å². The molecule has 0 aliphatic heterocycles. The standard InChI is InChI=1S/C20H27FN4.HI/c1-15(17-8-6-5-7-9-17)13-23-20(22-2)24-14-16-10-11-19(25(3)4)18(21)12-16;/h5-12,15H,13-14H2,1-4H3,(H2,22,23,24);1H. The minimum absolute atomic E-state index is 0. The van der Waals surface area contributed by atoms with Crippen LogP contribution in [0.15, 0.2) is 53.5 Å². The quantitative estimate of drug-likeness (QED) is 0.381. The van der Waals surface area contributed by atoms with Crippen molar-refractivity contribution < 1.29 is 4.39 Å². The fourth-order valence-electron chi connectivity index (χ4n) is 2.58. The molecular formula is C20H28FIN4. The topological polar surface area (TPSA) is 39.7 Å². The molecule has 2 aromatic rings. The molecule has 142 valence electrons. The molecular weight excluding hydrogens is 442 g/mol. The summed E-state index contributed by atoms with van der Waals surface area (Å²) in [6.07, 6.45) is 0. The Labute approximate surface area is 172 Å². The Bertz CT molecular complexity index is 704. The maximum atomic E-state index is 14.0. The van der Waals surface area contributed by atoms with Gasteiger partial charge in [0.1, 0.15) is 5.82 Å². The van der Waals surface area contributed by atoms with Crippen molar-refractivity contribution in [3.05, 3.63) is 65.5 Å². The van der Waals surface area contributed by atoms with Gasteiger partial charge < -0.3 is 15.5 Å². The Morgan fingerprint density at radius 3 is 2.38 bits per heavy atom. The summed E-state index contributed by atoms with van der Waals surface area (Å²) in [6, 6.07) is 15.6. The lowest BCUT2D eigenvalue weighted by molar-refractivity contribution is 0.622. The maximum Gasteiger partial charge on any atom is 0.191 e. The summed E-state index contributed by atoms with van der Waals surface area (Å²) >= 11 is 0. The van der Waals surface area contributed by atoms with Crippen LogP contribution in [0, 0.1) is 5.82 Å². The molecule has 0 amide bonds. The van der Waals surface area contributed by atoms with Gasteiger partial charge in [0.2, 0.25) is 0 Å². The van der Waals surface area contributed by atoms with Crippen molar-refractivity contribution in [3.63, 3.8) is 0 Å². The lowest BCUT2D eigenvalue weighted by Crippen LogP contribution is -2.38. The molecule has 6 heteroatoms. The predicted molar refractivity (Wildman–Crippen MR) is 119 cm³/mol. The van der Waals surface area contributed by atoms with Crippen LogP contribution in [-0.2, 0) is 6.54 Å². The Hall–Kier alpha value is -1.83. The zero-order valence-electron chi connectivity index (χ0n) is 15.8. The van der Waals surface area contributed by atoms with E-state index >= 15 is 0 Å². The van der Waals surface area contributed by atoms with Crippen molar-refractivity contribution in [2.24, 2.45) is 4.99 Å². The van der Waals surface area contributed by atoms with E-state index in [4.69, 9.17) is 0 Å². The van der Waals surface area contributed by atoms with Crippen LogP contribution in [0.25, 0.3) is 0 Å². The highest BCUT2D eigenvalue weighted by Crippen LogP contribution is 2.18. The van der Waals surface area contributed by atoms with Gasteiger partial charge in [0, 0.05) is 34.2 Å². The van der Waals surface area contributed by atoms with Crippen LogP contribution in [0.5, 0.6) is 0 Å². The Morgan fingerprint density at radius 1 is 1.12 bits per heavy atom. The summed E-state index contributed by atoms with van der Waals surface area (Å²) in [7, 11) is 5.39. The normalized spacial score (nSPS) is 12.1. The first-order valence-electron chi connectivity index (χ1n) is 8.46. The van der Waals surface area contributed by atoms with E-state index in [1.165, 1.54) is 5.56 Å². The highest BCUT2D eigenvalue weighted by molar-refractivity contribution is 14.0. The molecule has 0 radical (unpaired) electrons. The van der Waals surface area contributed by atoms with Crippen molar-refractivity contribution in [2.45, 2.75) is 19.4 Å². The van der Waals surface area contributed by atoms with E-state index in [2.05, 4.69) is 34.7 Å². The summed E-state index contributed by atoms with van der Waals surface area (Å²) in [6.45, 7) is 3.46. The lowest BCUT2D eigenvalue weighted by Gasteiger charge is -2.17. The highest BCUT2D eigenvalue weighted by Gasteiger charge is 2.08. The van der Waals surface area contributed by atoms with E-state index in [1.54, 1.807) is 24.1 Å². The lowest BCUT2D eigenvalue weighted by atomic mass is 10.0. The third kappa shape index (κ3) is 6.48. The maximum absolute atomic E-state index is 14.0. The Morgan fingerprint density at radius 2 is 1.81 bits per heavy atom. The third-order valence-electron chi connectivity index (χ3n) is 4.12. The molecule has 0 saturated carbocycles. The van der Waals surface area contributed by atoms with Crippen LogP contribution in [0.1, 0.15) is 24.0 Å². The summed E-state index contributed by atoms with van der Waals surface area (Å²) < 4.78 is 14.0. The first-order valence-corrected chi connectivity index (χ1v) is 8.46. The summed E-state index contributed by atoms with van der Waals surface area (Å²) in [5.41, 5.74) is 2.75. The smallest absolute Gasteiger partial charge is 0.191 e. The number of hydrogen-bond acceptors (Lipinski definition) is 2. The molecule has 2 N–H and O–H groups in total. The van der Waals surface area contributed by atoms with E-state index in [9.17, 15) is 4.39 Å². The second kappa shape index (κ2) is 11.0. The molecule has 0 bridgehead atoms. The minimum atomic E-state index is -0.218. The van der Waals surface area contributed by atoms with Gasteiger partial charge in [-0.15, -0.1) is 24.0 Å². The molecule has 1 atom stereocenters. The molecule has 1 unspecified atom stereocenters. The van der Waals surface area contributed by atoms with Gasteiger partial charge in [0.05, 0.1) is 5.69 Å². The van der Waals surface area contributed by atoms with E-state index < -0.39 is 0 Å². The second-order valence-corrected chi connectivity index (χ2v) is 6.30. The van der Waals surface area contributed by atoms with Gasteiger partial charge >= 0.3 is 0 Å². The van der Waals surface area contributed by atoms with Gasteiger partial charge in [-0.25, -0.2) is 4.39 Å². The van der Waals surface area contributed by atoms with E-state index in [-0.39, 0.29) is 29.8 Å². The number of hydrogen-bond donors (Lipinski definition) is 2. The molecule has 2 rings (SSSR count). The van der Waals surface area contributed by atoms with Crippen LogP contribution in [0.4, 0.5) is 10.1 Å². The summed E-state index contributed by atoms with van der Waals surface area (Å²) in [4.78, 5) is 5.99. The number of benzene rings is 2. The molecule has 0 heterocycles. The number of nitrogens with zero attached hydrogens (tertiary/aromatic N) is 2. The Kier molecular flexibility index (Phi) is 9.40. The van der Waals surface area contributed by atoms with Gasteiger partial charge in [-0.3, -0.25) is 4.99 Å². The Balaban J connectivity index is 0.00000338. The van der Waals surface area contributed by atoms with Gasteiger partial charge in [-0.2, -0.15) is 0 Å². The van der Waals surface area contributed by atoms with Crippen LogP contribution in [-0.4, -0.2) is 33.6 Å². The zero-order valence-corrected chi connectivity index (χ0v) is 18.1. The first-order chi connectivity index (χ1) is 12.0. The average Bonchev–Trinajstić information content (AvgIpc) is 2.62. The number of rotatable bonds is 6. The average molecular weight is 470 g/mol. The fraction of sp³-hybridized carbons (Fsp3) is 0.350. The monoisotopic (exact) mass is 470 g/mol. The second-order valence-electron chi connectivity index (χ2n) is 6.30. The molecule has 0 fully saturated rings. The summed E-state index contributed by atoms with van der Waals surface area (Å²) in [5, 5.41) is 6.55. The van der Waals surface area contributed by atoms with Gasteiger partial charge in [0.15, 0.2) is 5.96 Å². The molecule has 26 heavy (non-hydrogen) atoms. The predicted octanol–water partition coefficient (Wildman–Crippen LogP) is 3.98. The molecule has 0 aliphatic carbocycles. The SMILES string of the molecule is CN=C(NCc1ccc(N(C)C)c(F)c1)NCC(C)c1ccccc1.I. The van der Waals surface area contributed by atoms with Crippen LogP contribution in [0.2, 0.25) is 0 Å². The molecule has 4 nitrogen and oxygen atoms in total. The van der Waals surface area contributed by atoms with Gasteiger partial charge in [-0.05, 0) is 29.2 Å². The number of anilines is 1. The summed E-state index contributed by atoms with van der Waals surface area (Å²) in [5.74, 6) is 0.862. The van der Waals surface area contributed by atoms with E-state index in [0.717, 1.165) is 12.1 Å².